The van der Waals surface area contributed by atoms with Crippen LogP contribution >= 0.6 is 11.3 Å². The largest absolute Gasteiger partial charge is 0.465 e. The van der Waals surface area contributed by atoms with Gasteiger partial charge in [-0.15, -0.1) is 11.3 Å². The number of aromatic nitrogens is 1. The molecule has 0 fully saturated rings. The number of hydrogen-bond acceptors (Lipinski definition) is 6. The van der Waals surface area contributed by atoms with Crippen LogP contribution in [-0.4, -0.2) is 46.1 Å². The molecule has 0 bridgehead atoms. The molecule has 0 aliphatic rings. The highest BCUT2D eigenvalue weighted by molar-refractivity contribution is 7.13. The van der Waals surface area contributed by atoms with Crippen LogP contribution in [0, 0.1) is 0 Å². The summed E-state index contributed by atoms with van der Waals surface area (Å²) in [6.45, 7) is 1.85. The minimum Gasteiger partial charge on any atom is -0.465 e. The number of amides is 3. The fourth-order valence-corrected chi connectivity index (χ4v) is 3.51. The van der Waals surface area contributed by atoms with Crippen LogP contribution in [0.1, 0.15) is 30.2 Å². The van der Waals surface area contributed by atoms with Gasteiger partial charge < -0.3 is 15.5 Å². The molecule has 162 valence electrons. The second-order valence-corrected chi connectivity index (χ2v) is 7.39. The molecule has 0 aliphatic carbocycles. The van der Waals surface area contributed by atoms with Crippen LogP contribution < -0.4 is 21.3 Å². The number of nitrogens with one attached hydrogen (secondary N) is 4. The minimum absolute atomic E-state index is 0.127. The third-order valence-corrected chi connectivity index (χ3v) is 4.86. The summed E-state index contributed by atoms with van der Waals surface area (Å²) >= 11 is 1.42. The lowest BCUT2D eigenvalue weighted by Crippen LogP contribution is -2.56. The van der Waals surface area contributed by atoms with Gasteiger partial charge in [-0.05, 0) is 36.8 Å². The highest BCUT2D eigenvalue weighted by Gasteiger charge is 2.12. The van der Waals surface area contributed by atoms with Crippen molar-refractivity contribution < 1.29 is 24.6 Å². The number of nitrogens with zero attached hydrogens (tertiary/aromatic N) is 1. The maximum atomic E-state index is 11.0. The summed E-state index contributed by atoms with van der Waals surface area (Å²) in [5.74, 6) is -0.127. The van der Waals surface area contributed by atoms with E-state index in [1.807, 2.05) is 40.3 Å². The summed E-state index contributed by atoms with van der Waals surface area (Å²) in [5, 5.41) is 29.6. The van der Waals surface area contributed by atoms with Crippen molar-refractivity contribution in [1.82, 2.24) is 20.9 Å². The molecule has 0 saturated carbocycles. The molecule has 0 aliphatic heterocycles. The Morgan fingerprint density at radius 1 is 1.00 bits per heavy atom. The number of carbonyl (C=O) groups excluding carboxylic acids is 1. The first-order valence-corrected chi connectivity index (χ1v) is 10.2. The molecular formula is C19H25N5O5S. The van der Waals surface area contributed by atoms with Crippen LogP contribution in [0.2, 0.25) is 0 Å². The lowest BCUT2D eigenvalue weighted by molar-refractivity contribution is -0.114. The molecule has 2 aromatic rings. The zero-order valence-corrected chi connectivity index (χ0v) is 17.3. The van der Waals surface area contributed by atoms with E-state index in [2.05, 4.69) is 15.6 Å². The van der Waals surface area contributed by atoms with Crippen molar-refractivity contribution in [2.24, 2.45) is 0 Å². The summed E-state index contributed by atoms with van der Waals surface area (Å²) in [4.78, 5) is 36.8. The van der Waals surface area contributed by atoms with Crippen molar-refractivity contribution in [1.29, 1.82) is 0 Å². The van der Waals surface area contributed by atoms with E-state index in [9.17, 15) is 14.4 Å². The third kappa shape index (κ3) is 8.88. The topological polar surface area (TPSA) is 153 Å². The highest BCUT2D eigenvalue weighted by atomic mass is 32.1. The van der Waals surface area contributed by atoms with E-state index in [0.29, 0.717) is 18.1 Å². The number of thiazole rings is 1. The first-order valence-electron chi connectivity index (χ1n) is 9.34. The maximum Gasteiger partial charge on any atom is 0.407 e. The number of benzene rings is 1. The molecule has 0 saturated heterocycles. The van der Waals surface area contributed by atoms with Gasteiger partial charge in [0, 0.05) is 18.8 Å². The van der Waals surface area contributed by atoms with Gasteiger partial charge in [0.05, 0.1) is 5.69 Å². The van der Waals surface area contributed by atoms with Crippen molar-refractivity contribution in [3.8, 4) is 0 Å². The molecule has 10 nitrogen and oxygen atoms in total. The van der Waals surface area contributed by atoms with Crippen molar-refractivity contribution in [2.45, 2.75) is 38.9 Å². The van der Waals surface area contributed by atoms with Crippen LogP contribution in [-0.2, 0) is 24.1 Å². The van der Waals surface area contributed by atoms with Gasteiger partial charge in [0.2, 0.25) is 5.91 Å². The molecule has 1 heterocycles. The Kier molecular flexibility index (Phi) is 9.03. The van der Waals surface area contributed by atoms with Gasteiger partial charge in [0.25, 0.3) is 0 Å². The van der Waals surface area contributed by atoms with E-state index < -0.39 is 18.5 Å². The molecule has 6 N–H and O–H groups in total. The van der Waals surface area contributed by atoms with E-state index in [1.165, 1.54) is 23.8 Å². The van der Waals surface area contributed by atoms with Crippen LogP contribution in [0.15, 0.2) is 29.6 Å². The SMILES string of the molecule is CC(=O)Nc1nc(CCCc2ccc(CCNC(NC(=O)O)NC(=O)O)cc2)cs1. The molecule has 1 aromatic heterocycles. The number of hydrogen-bond donors (Lipinski definition) is 6. The molecule has 1 aromatic carbocycles. The zero-order chi connectivity index (χ0) is 21.9. The van der Waals surface area contributed by atoms with E-state index >= 15 is 0 Å². The van der Waals surface area contributed by atoms with E-state index in [-0.39, 0.29) is 5.91 Å². The van der Waals surface area contributed by atoms with Crippen LogP contribution in [0.4, 0.5) is 14.7 Å². The Labute approximate surface area is 177 Å². The van der Waals surface area contributed by atoms with Crippen LogP contribution in [0.25, 0.3) is 0 Å². The van der Waals surface area contributed by atoms with Crippen molar-refractivity contribution in [3.05, 3.63) is 46.5 Å². The van der Waals surface area contributed by atoms with Gasteiger partial charge >= 0.3 is 12.2 Å². The predicted molar refractivity (Wildman–Crippen MR) is 113 cm³/mol. The minimum atomic E-state index is -1.32. The van der Waals surface area contributed by atoms with E-state index in [1.54, 1.807) is 0 Å². The Morgan fingerprint density at radius 2 is 1.60 bits per heavy atom. The molecule has 3 amide bonds. The molecule has 0 radical (unpaired) electrons. The number of aryl methyl sites for hydroxylation is 2. The van der Waals surface area contributed by atoms with E-state index in [0.717, 1.165) is 30.5 Å². The van der Waals surface area contributed by atoms with Gasteiger partial charge in [0.1, 0.15) is 0 Å². The summed E-state index contributed by atoms with van der Waals surface area (Å²) < 4.78 is 0. The van der Waals surface area contributed by atoms with Crippen molar-refractivity contribution in [2.75, 3.05) is 11.9 Å². The van der Waals surface area contributed by atoms with Crippen molar-refractivity contribution in [3.63, 3.8) is 0 Å². The van der Waals surface area contributed by atoms with Gasteiger partial charge in [0.15, 0.2) is 11.4 Å². The molecule has 30 heavy (non-hydrogen) atoms. The Hall–Kier alpha value is -3.18. The number of carbonyl (C=O) groups is 3. The smallest absolute Gasteiger partial charge is 0.407 e. The highest BCUT2D eigenvalue weighted by Crippen LogP contribution is 2.17. The summed E-state index contributed by atoms with van der Waals surface area (Å²) in [6.07, 6.45) is -0.438. The van der Waals surface area contributed by atoms with Crippen LogP contribution in [0.3, 0.4) is 0 Å². The lowest BCUT2D eigenvalue weighted by atomic mass is 10.0. The van der Waals surface area contributed by atoms with Gasteiger partial charge in [-0.2, -0.15) is 0 Å². The second kappa shape index (κ2) is 11.7. The second-order valence-electron chi connectivity index (χ2n) is 6.53. The lowest BCUT2D eigenvalue weighted by Gasteiger charge is -2.18. The Balaban J connectivity index is 1.72. The van der Waals surface area contributed by atoms with Gasteiger partial charge in [-0.3, -0.25) is 20.7 Å². The van der Waals surface area contributed by atoms with E-state index in [4.69, 9.17) is 10.2 Å². The normalized spacial score (nSPS) is 10.6. The number of carboxylic acid groups (broad SMARTS) is 2. The fourth-order valence-electron chi connectivity index (χ4n) is 2.72. The van der Waals surface area contributed by atoms with Gasteiger partial charge in [-0.25, -0.2) is 14.6 Å². The number of anilines is 1. The molecule has 11 heteroatoms. The van der Waals surface area contributed by atoms with Crippen molar-refractivity contribution >= 4 is 34.6 Å². The summed E-state index contributed by atoms with van der Waals surface area (Å²) in [6, 6.07) is 8.08. The molecule has 0 spiro atoms. The Morgan fingerprint density at radius 3 is 2.17 bits per heavy atom. The molecule has 0 unspecified atom stereocenters. The zero-order valence-electron chi connectivity index (χ0n) is 16.5. The summed E-state index contributed by atoms with van der Waals surface area (Å²) in [5.41, 5.74) is 3.21. The van der Waals surface area contributed by atoms with Crippen LogP contribution in [0.5, 0.6) is 0 Å². The first-order chi connectivity index (χ1) is 14.3. The average Bonchev–Trinajstić information content (AvgIpc) is 3.08. The summed E-state index contributed by atoms with van der Waals surface area (Å²) in [7, 11) is 0. The third-order valence-electron chi connectivity index (χ3n) is 4.05. The standard InChI is InChI=1S/C19H25N5O5S/c1-12(25)21-17-22-15(11-30-17)4-2-3-13-5-7-14(8-6-13)9-10-20-16(23-18(26)27)24-19(28)29/h5-8,11,16,20,23-24H,2-4,9-10H2,1H3,(H,26,27)(H,28,29)(H,21,22,25). The molecule has 0 atom stereocenters. The molecular weight excluding hydrogens is 410 g/mol. The average molecular weight is 436 g/mol. The maximum absolute atomic E-state index is 11.0. The Bertz CT molecular complexity index is 839. The number of rotatable bonds is 11. The quantitative estimate of drug-likeness (QED) is 0.296. The monoisotopic (exact) mass is 435 g/mol. The first kappa shape index (κ1) is 23.1. The fraction of sp³-hybridized carbons (Fsp3) is 0.368. The predicted octanol–water partition coefficient (Wildman–Crippen LogP) is 2.23. The molecule has 2 rings (SSSR count). The van der Waals surface area contributed by atoms with Gasteiger partial charge in [-0.1, -0.05) is 24.3 Å².